The second-order valence-corrected chi connectivity index (χ2v) is 5.92. The number of primary amides is 1. The number of nitrogens with zero attached hydrogens (tertiary/aromatic N) is 1. The maximum atomic E-state index is 12.4. The number of benzene rings is 1. The van der Waals surface area contributed by atoms with Crippen LogP contribution in [0.15, 0.2) is 30.5 Å². The SMILES string of the molecule is Cc1ccccc1C(=O)c1cnc(NC(C)CC(N)=O)s1. The van der Waals surface area contributed by atoms with E-state index in [4.69, 9.17) is 5.73 Å². The third kappa shape index (κ3) is 3.88. The van der Waals surface area contributed by atoms with Gasteiger partial charge in [-0.1, -0.05) is 35.6 Å². The number of aromatic nitrogens is 1. The molecule has 0 aliphatic carbocycles. The molecule has 2 aromatic rings. The molecule has 0 bridgehead atoms. The lowest BCUT2D eigenvalue weighted by molar-refractivity contribution is -0.118. The Hall–Kier alpha value is -2.21. The van der Waals surface area contributed by atoms with Crippen LogP contribution in [0.2, 0.25) is 0 Å². The van der Waals surface area contributed by atoms with Gasteiger partial charge in [-0.25, -0.2) is 4.98 Å². The van der Waals surface area contributed by atoms with Gasteiger partial charge in [0.25, 0.3) is 0 Å². The van der Waals surface area contributed by atoms with Crippen molar-refractivity contribution < 1.29 is 9.59 Å². The van der Waals surface area contributed by atoms with Gasteiger partial charge in [0.1, 0.15) is 0 Å². The molecule has 0 spiro atoms. The largest absolute Gasteiger partial charge is 0.370 e. The smallest absolute Gasteiger partial charge is 0.219 e. The first-order valence-electron chi connectivity index (χ1n) is 6.58. The van der Waals surface area contributed by atoms with E-state index < -0.39 is 0 Å². The van der Waals surface area contributed by atoms with Gasteiger partial charge in [-0.3, -0.25) is 9.59 Å². The molecule has 1 unspecified atom stereocenters. The van der Waals surface area contributed by atoms with Gasteiger partial charge in [-0.2, -0.15) is 0 Å². The molecule has 0 saturated heterocycles. The number of thiazole rings is 1. The molecular formula is C15H17N3O2S. The fourth-order valence-corrected chi connectivity index (χ4v) is 2.85. The minimum absolute atomic E-state index is 0.0406. The number of amides is 1. The van der Waals surface area contributed by atoms with Gasteiger partial charge in [0.2, 0.25) is 11.7 Å². The number of hydrogen-bond acceptors (Lipinski definition) is 5. The highest BCUT2D eigenvalue weighted by Gasteiger charge is 2.15. The van der Waals surface area contributed by atoms with Crippen molar-refractivity contribution in [3.05, 3.63) is 46.5 Å². The van der Waals surface area contributed by atoms with E-state index in [9.17, 15) is 9.59 Å². The summed E-state index contributed by atoms with van der Waals surface area (Å²) in [5, 5.41) is 3.68. The Morgan fingerprint density at radius 2 is 2.10 bits per heavy atom. The Morgan fingerprint density at radius 1 is 1.38 bits per heavy atom. The molecule has 1 atom stereocenters. The quantitative estimate of drug-likeness (QED) is 0.802. The van der Waals surface area contributed by atoms with E-state index in [1.54, 1.807) is 12.3 Å². The van der Waals surface area contributed by atoms with Crippen molar-refractivity contribution in [3.8, 4) is 0 Å². The van der Waals surface area contributed by atoms with Crippen molar-refractivity contribution in [2.75, 3.05) is 5.32 Å². The van der Waals surface area contributed by atoms with Crippen molar-refractivity contribution in [1.82, 2.24) is 4.98 Å². The number of anilines is 1. The normalized spacial score (nSPS) is 11.9. The Kier molecular flexibility index (Phi) is 4.70. The molecule has 0 radical (unpaired) electrons. The summed E-state index contributed by atoms with van der Waals surface area (Å²) in [6.45, 7) is 3.75. The molecule has 1 amide bonds. The Balaban J connectivity index is 2.11. The number of rotatable bonds is 6. The number of ketones is 1. The van der Waals surface area contributed by atoms with E-state index in [0.717, 1.165) is 5.56 Å². The van der Waals surface area contributed by atoms with Gasteiger partial charge in [-0.05, 0) is 19.4 Å². The van der Waals surface area contributed by atoms with Crippen LogP contribution in [0.1, 0.15) is 34.1 Å². The van der Waals surface area contributed by atoms with Crippen LogP contribution in [0.25, 0.3) is 0 Å². The van der Waals surface area contributed by atoms with Crippen molar-refractivity contribution in [2.45, 2.75) is 26.3 Å². The van der Waals surface area contributed by atoms with Crippen molar-refractivity contribution in [3.63, 3.8) is 0 Å². The van der Waals surface area contributed by atoms with E-state index >= 15 is 0 Å². The standard InChI is InChI=1S/C15H17N3O2S/c1-9-5-3-4-6-11(9)14(20)12-8-17-15(21-12)18-10(2)7-13(16)19/h3-6,8,10H,7H2,1-2H3,(H2,16,19)(H,17,18). The lowest BCUT2D eigenvalue weighted by Gasteiger charge is -2.09. The average Bonchev–Trinajstić information content (AvgIpc) is 2.86. The Bertz CT molecular complexity index is 666. The third-order valence-electron chi connectivity index (χ3n) is 3.00. The summed E-state index contributed by atoms with van der Waals surface area (Å²) in [5.41, 5.74) is 6.76. The molecule has 0 aliphatic heterocycles. The fourth-order valence-electron chi connectivity index (χ4n) is 1.97. The third-order valence-corrected chi connectivity index (χ3v) is 3.92. The molecule has 6 heteroatoms. The molecule has 21 heavy (non-hydrogen) atoms. The van der Waals surface area contributed by atoms with E-state index in [1.165, 1.54) is 11.3 Å². The molecule has 1 aromatic carbocycles. The van der Waals surface area contributed by atoms with Crippen LogP contribution >= 0.6 is 11.3 Å². The summed E-state index contributed by atoms with van der Waals surface area (Å²) in [6, 6.07) is 7.34. The van der Waals surface area contributed by atoms with E-state index in [0.29, 0.717) is 15.6 Å². The van der Waals surface area contributed by atoms with Gasteiger partial charge in [0.05, 0.1) is 11.1 Å². The zero-order chi connectivity index (χ0) is 15.4. The van der Waals surface area contributed by atoms with Crippen LogP contribution in [-0.2, 0) is 4.79 Å². The zero-order valence-electron chi connectivity index (χ0n) is 11.9. The predicted octanol–water partition coefficient (Wildman–Crippen LogP) is 2.36. The second-order valence-electron chi connectivity index (χ2n) is 4.89. The van der Waals surface area contributed by atoms with E-state index in [-0.39, 0.29) is 24.2 Å². The summed E-state index contributed by atoms with van der Waals surface area (Å²) >= 11 is 1.28. The van der Waals surface area contributed by atoms with Gasteiger partial charge < -0.3 is 11.1 Å². The van der Waals surface area contributed by atoms with Gasteiger partial charge >= 0.3 is 0 Å². The molecule has 0 fully saturated rings. The zero-order valence-corrected chi connectivity index (χ0v) is 12.7. The molecule has 1 heterocycles. The number of nitrogens with two attached hydrogens (primary N) is 1. The molecular weight excluding hydrogens is 286 g/mol. The first-order valence-corrected chi connectivity index (χ1v) is 7.40. The van der Waals surface area contributed by atoms with Crippen LogP contribution in [0.4, 0.5) is 5.13 Å². The van der Waals surface area contributed by atoms with Crippen molar-refractivity contribution in [1.29, 1.82) is 0 Å². The summed E-state index contributed by atoms with van der Waals surface area (Å²) < 4.78 is 0. The van der Waals surface area contributed by atoms with E-state index in [2.05, 4.69) is 10.3 Å². The lowest BCUT2D eigenvalue weighted by Crippen LogP contribution is -2.23. The first-order chi connectivity index (χ1) is 9.97. The monoisotopic (exact) mass is 303 g/mol. The van der Waals surface area contributed by atoms with Gasteiger partial charge in [0, 0.05) is 18.0 Å². The fraction of sp³-hybridized carbons (Fsp3) is 0.267. The highest BCUT2D eigenvalue weighted by molar-refractivity contribution is 7.17. The average molecular weight is 303 g/mol. The van der Waals surface area contributed by atoms with Crippen LogP contribution in [0.3, 0.4) is 0 Å². The molecule has 110 valence electrons. The highest BCUT2D eigenvalue weighted by Crippen LogP contribution is 2.23. The Labute approximate surface area is 127 Å². The number of aryl methyl sites for hydroxylation is 1. The number of carbonyl (C=O) groups excluding carboxylic acids is 2. The molecule has 3 N–H and O–H groups in total. The highest BCUT2D eigenvalue weighted by atomic mass is 32.1. The summed E-state index contributed by atoms with van der Waals surface area (Å²) in [7, 11) is 0. The molecule has 5 nitrogen and oxygen atoms in total. The summed E-state index contributed by atoms with van der Waals surface area (Å²) in [4.78, 5) is 28.0. The van der Waals surface area contributed by atoms with E-state index in [1.807, 2.05) is 32.0 Å². The van der Waals surface area contributed by atoms with Crippen molar-refractivity contribution >= 4 is 28.2 Å². The van der Waals surface area contributed by atoms with Crippen LogP contribution in [0.5, 0.6) is 0 Å². The lowest BCUT2D eigenvalue weighted by atomic mass is 10.0. The number of hydrogen-bond donors (Lipinski definition) is 2. The van der Waals surface area contributed by atoms with Crippen LogP contribution in [0, 0.1) is 6.92 Å². The second kappa shape index (κ2) is 6.49. The van der Waals surface area contributed by atoms with Crippen molar-refractivity contribution in [2.24, 2.45) is 5.73 Å². The first kappa shape index (κ1) is 15.2. The minimum Gasteiger partial charge on any atom is -0.370 e. The number of nitrogens with one attached hydrogen (secondary N) is 1. The van der Waals surface area contributed by atoms with Crippen LogP contribution < -0.4 is 11.1 Å². The van der Waals surface area contributed by atoms with Gasteiger partial charge in [0.15, 0.2) is 5.13 Å². The maximum absolute atomic E-state index is 12.4. The molecule has 0 saturated carbocycles. The maximum Gasteiger partial charge on any atom is 0.219 e. The number of carbonyl (C=O) groups is 2. The van der Waals surface area contributed by atoms with Crippen LogP contribution in [-0.4, -0.2) is 22.7 Å². The molecule has 1 aromatic heterocycles. The Morgan fingerprint density at radius 3 is 2.76 bits per heavy atom. The molecule has 2 rings (SSSR count). The summed E-state index contributed by atoms with van der Waals surface area (Å²) in [6.07, 6.45) is 1.78. The predicted molar refractivity (Wildman–Crippen MR) is 83.6 cm³/mol. The van der Waals surface area contributed by atoms with Gasteiger partial charge in [-0.15, -0.1) is 0 Å². The topological polar surface area (TPSA) is 85.1 Å². The minimum atomic E-state index is -0.372. The molecule has 0 aliphatic rings. The summed E-state index contributed by atoms with van der Waals surface area (Å²) in [5.74, 6) is -0.413.